The van der Waals surface area contributed by atoms with Crippen LogP contribution < -0.4 is 5.73 Å². The second-order valence-electron chi connectivity index (χ2n) is 5.87. The van der Waals surface area contributed by atoms with Crippen molar-refractivity contribution in [3.05, 3.63) is 29.6 Å². The van der Waals surface area contributed by atoms with Crippen LogP contribution in [0.4, 0.5) is 0 Å². The molecule has 1 saturated carbocycles. The zero-order valence-corrected chi connectivity index (χ0v) is 11.1. The zero-order valence-electron chi connectivity index (χ0n) is 11.1. The van der Waals surface area contributed by atoms with Crippen LogP contribution in [0.3, 0.4) is 0 Å². The number of nitriles is 1. The van der Waals surface area contributed by atoms with Gasteiger partial charge in [0.15, 0.2) is 0 Å². The fraction of sp³-hybridized carbons (Fsp3) is 0.600. The van der Waals surface area contributed by atoms with Crippen molar-refractivity contribution in [1.82, 2.24) is 9.88 Å². The molecule has 2 aliphatic rings. The molecule has 100 valence electrons. The maximum absolute atomic E-state index is 8.88. The number of likely N-dealkylation sites (tertiary alicyclic amines) is 1. The summed E-state index contributed by atoms with van der Waals surface area (Å²) in [4.78, 5) is 6.50. The highest BCUT2D eigenvalue weighted by molar-refractivity contribution is 5.25. The Balaban J connectivity index is 1.66. The first-order valence-electron chi connectivity index (χ1n) is 7.09. The molecule has 2 N–H and O–H groups in total. The summed E-state index contributed by atoms with van der Waals surface area (Å²) in [6.45, 7) is 3.18. The number of aromatic nitrogens is 1. The molecule has 3 unspecified atom stereocenters. The van der Waals surface area contributed by atoms with E-state index < -0.39 is 0 Å². The molecule has 19 heavy (non-hydrogen) atoms. The summed E-state index contributed by atoms with van der Waals surface area (Å²) in [5, 5.41) is 8.88. The van der Waals surface area contributed by atoms with E-state index in [4.69, 9.17) is 11.0 Å². The summed E-state index contributed by atoms with van der Waals surface area (Å²) in [6, 6.07) is 6.38. The first-order valence-corrected chi connectivity index (χ1v) is 7.09. The average molecular weight is 256 g/mol. The molecule has 1 aromatic rings. The molecule has 3 rings (SSSR count). The number of hydrogen-bond donors (Lipinski definition) is 1. The molecular weight excluding hydrogens is 236 g/mol. The van der Waals surface area contributed by atoms with Crippen LogP contribution in [0.5, 0.6) is 0 Å². The molecule has 0 spiro atoms. The third kappa shape index (κ3) is 2.63. The topological polar surface area (TPSA) is 65.9 Å². The Hall–Kier alpha value is -1.44. The van der Waals surface area contributed by atoms with Gasteiger partial charge in [0, 0.05) is 31.9 Å². The van der Waals surface area contributed by atoms with E-state index in [0.717, 1.165) is 25.6 Å². The zero-order chi connectivity index (χ0) is 13.2. The molecule has 4 nitrogen and oxygen atoms in total. The van der Waals surface area contributed by atoms with Gasteiger partial charge in [-0.25, -0.2) is 4.98 Å². The van der Waals surface area contributed by atoms with Gasteiger partial charge in [-0.2, -0.15) is 5.26 Å². The van der Waals surface area contributed by atoms with E-state index in [1.54, 1.807) is 6.20 Å². The summed E-state index contributed by atoms with van der Waals surface area (Å²) >= 11 is 0. The molecule has 2 fully saturated rings. The second kappa shape index (κ2) is 5.28. The fourth-order valence-corrected chi connectivity index (χ4v) is 3.63. The fourth-order valence-electron chi connectivity index (χ4n) is 3.63. The van der Waals surface area contributed by atoms with Crippen LogP contribution in [-0.4, -0.2) is 29.0 Å². The van der Waals surface area contributed by atoms with Crippen LogP contribution in [0, 0.1) is 23.2 Å². The van der Waals surface area contributed by atoms with Gasteiger partial charge in [-0.15, -0.1) is 0 Å². The third-order valence-corrected chi connectivity index (χ3v) is 4.57. The summed E-state index contributed by atoms with van der Waals surface area (Å²) in [5.41, 5.74) is 7.93. The lowest BCUT2D eigenvalue weighted by molar-refractivity contribution is 0.259. The number of rotatable bonds is 2. The molecule has 4 heteroatoms. The van der Waals surface area contributed by atoms with Crippen LogP contribution >= 0.6 is 0 Å². The molecule has 0 aromatic carbocycles. The Morgan fingerprint density at radius 3 is 3.11 bits per heavy atom. The van der Waals surface area contributed by atoms with Gasteiger partial charge < -0.3 is 5.73 Å². The highest BCUT2D eigenvalue weighted by Crippen LogP contribution is 2.35. The number of nitrogens with zero attached hydrogens (tertiary/aromatic N) is 3. The first kappa shape index (κ1) is 12.6. The van der Waals surface area contributed by atoms with Gasteiger partial charge in [-0.05, 0) is 42.4 Å². The number of pyridine rings is 1. The van der Waals surface area contributed by atoms with E-state index in [1.807, 2.05) is 12.1 Å². The molecule has 1 saturated heterocycles. The molecule has 1 aromatic heterocycles. The average Bonchev–Trinajstić information content (AvgIpc) is 2.83. The van der Waals surface area contributed by atoms with E-state index in [-0.39, 0.29) is 0 Å². The van der Waals surface area contributed by atoms with Gasteiger partial charge in [-0.3, -0.25) is 4.90 Å². The van der Waals surface area contributed by atoms with Crippen LogP contribution in [0.2, 0.25) is 0 Å². The quantitative estimate of drug-likeness (QED) is 0.871. The molecular formula is C15H20N4. The molecule has 3 atom stereocenters. The number of fused-ring (bicyclic) bond motifs is 1. The van der Waals surface area contributed by atoms with Crippen LogP contribution in [0.15, 0.2) is 18.3 Å². The van der Waals surface area contributed by atoms with Crippen molar-refractivity contribution in [1.29, 1.82) is 5.26 Å². The lowest BCUT2D eigenvalue weighted by Gasteiger charge is -2.29. The van der Waals surface area contributed by atoms with Crippen molar-refractivity contribution >= 4 is 0 Å². The first-order chi connectivity index (χ1) is 9.26. The summed E-state index contributed by atoms with van der Waals surface area (Å²) < 4.78 is 0. The second-order valence-corrected chi connectivity index (χ2v) is 5.87. The monoisotopic (exact) mass is 256 g/mol. The Bertz CT molecular complexity index is 493. The Morgan fingerprint density at radius 2 is 2.32 bits per heavy atom. The number of nitrogens with two attached hydrogens (primary N) is 1. The van der Waals surface area contributed by atoms with Gasteiger partial charge in [0.05, 0.1) is 0 Å². The van der Waals surface area contributed by atoms with Gasteiger partial charge in [0.1, 0.15) is 11.8 Å². The molecule has 0 bridgehead atoms. The summed E-state index contributed by atoms with van der Waals surface area (Å²) in [6.07, 6.45) is 5.52. The largest absolute Gasteiger partial charge is 0.327 e. The molecule has 0 radical (unpaired) electrons. The Labute approximate surface area is 114 Å². The van der Waals surface area contributed by atoms with E-state index in [0.29, 0.717) is 17.7 Å². The molecule has 1 aliphatic heterocycles. The Kier molecular flexibility index (Phi) is 3.50. The van der Waals surface area contributed by atoms with E-state index in [2.05, 4.69) is 16.0 Å². The molecule has 2 heterocycles. The summed E-state index contributed by atoms with van der Waals surface area (Å²) in [5.74, 6) is 1.45. The minimum Gasteiger partial charge on any atom is -0.327 e. The van der Waals surface area contributed by atoms with Crippen LogP contribution in [0.1, 0.15) is 30.5 Å². The minimum absolute atomic E-state index is 0.385. The minimum atomic E-state index is 0.385. The highest BCUT2D eigenvalue weighted by Gasteiger charge is 2.38. The van der Waals surface area contributed by atoms with E-state index in [1.165, 1.54) is 24.8 Å². The van der Waals surface area contributed by atoms with Crippen molar-refractivity contribution in [2.75, 3.05) is 13.1 Å². The SMILES string of the molecule is N#Cc1cc(CN2CC3CCCC(N)C3C2)ccn1. The van der Waals surface area contributed by atoms with Crippen molar-refractivity contribution < 1.29 is 0 Å². The maximum Gasteiger partial charge on any atom is 0.140 e. The third-order valence-electron chi connectivity index (χ3n) is 4.57. The predicted octanol–water partition coefficient (Wildman–Crippen LogP) is 1.51. The van der Waals surface area contributed by atoms with Crippen molar-refractivity contribution in [3.8, 4) is 6.07 Å². The number of hydrogen-bond acceptors (Lipinski definition) is 4. The predicted molar refractivity (Wildman–Crippen MR) is 73.0 cm³/mol. The van der Waals surface area contributed by atoms with Crippen molar-refractivity contribution in [2.24, 2.45) is 17.6 Å². The lowest BCUT2D eigenvalue weighted by Crippen LogP contribution is -2.38. The van der Waals surface area contributed by atoms with Crippen molar-refractivity contribution in [3.63, 3.8) is 0 Å². The Morgan fingerprint density at radius 1 is 1.42 bits per heavy atom. The smallest absolute Gasteiger partial charge is 0.140 e. The lowest BCUT2D eigenvalue weighted by atomic mass is 9.78. The molecule has 1 aliphatic carbocycles. The van der Waals surface area contributed by atoms with E-state index in [9.17, 15) is 0 Å². The van der Waals surface area contributed by atoms with Gasteiger partial charge in [-0.1, -0.05) is 6.42 Å². The van der Waals surface area contributed by atoms with Gasteiger partial charge in [0.2, 0.25) is 0 Å². The van der Waals surface area contributed by atoms with Gasteiger partial charge in [0.25, 0.3) is 0 Å². The van der Waals surface area contributed by atoms with Crippen LogP contribution in [-0.2, 0) is 6.54 Å². The van der Waals surface area contributed by atoms with E-state index >= 15 is 0 Å². The normalized spacial score (nSPS) is 30.8. The summed E-state index contributed by atoms with van der Waals surface area (Å²) in [7, 11) is 0. The van der Waals surface area contributed by atoms with Crippen molar-refractivity contribution in [2.45, 2.75) is 31.8 Å². The molecule has 0 amide bonds. The highest BCUT2D eigenvalue weighted by atomic mass is 15.2. The van der Waals surface area contributed by atoms with Crippen LogP contribution in [0.25, 0.3) is 0 Å². The van der Waals surface area contributed by atoms with Gasteiger partial charge >= 0.3 is 0 Å². The standard InChI is InChI=1S/C15H20N4/c16-7-13-6-11(4-5-18-13)8-19-9-12-2-1-3-15(17)14(12)10-19/h4-6,12,14-15H,1-3,8-10,17H2. The maximum atomic E-state index is 8.88.